The van der Waals surface area contributed by atoms with Gasteiger partial charge in [-0.3, -0.25) is 19.8 Å². The Morgan fingerprint density at radius 3 is 2.44 bits per heavy atom. The molecule has 1 saturated heterocycles. The van der Waals surface area contributed by atoms with Crippen LogP contribution in [-0.4, -0.2) is 21.5 Å². The number of thiocarbonyl (C=S) groups is 1. The third-order valence-corrected chi connectivity index (χ3v) is 6.62. The molecule has 3 aromatic rings. The van der Waals surface area contributed by atoms with Crippen LogP contribution in [0, 0.1) is 13.8 Å². The highest BCUT2D eigenvalue weighted by Crippen LogP contribution is 2.30. The fourth-order valence-corrected chi connectivity index (χ4v) is 4.58. The Hall–Kier alpha value is -2.45. The highest BCUT2D eigenvalue weighted by Gasteiger charge is 2.34. The van der Waals surface area contributed by atoms with Crippen molar-refractivity contribution in [2.24, 2.45) is 0 Å². The summed E-state index contributed by atoms with van der Waals surface area (Å²) in [6.07, 6.45) is 1.58. The Kier molecular flexibility index (Phi) is 6.27. The molecule has 0 unspecified atom stereocenters. The summed E-state index contributed by atoms with van der Waals surface area (Å²) in [6.45, 7) is 3.84. The van der Waals surface area contributed by atoms with E-state index < -0.39 is 11.8 Å². The van der Waals surface area contributed by atoms with Gasteiger partial charge in [0.25, 0.3) is 11.8 Å². The molecule has 2 heterocycles. The van der Waals surface area contributed by atoms with Gasteiger partial charge in [0.2, 0.25) is 0 Å². The van der Waals surface area contributed by atoms with Gasteiger partial charge >= 0.3 is 0 Å². The highest BCUT2D eigenvalue weighted by molar-refractivity contribution is 9.10. The van der Waals surface area contributed by atoms with Crippen LogP contribution < -0.4 is 10.2 Å². The summed E-state index contributed by atoms with van der Waals surface area (Å²) >= 11 is 20.9. The third-order valence-electron chi connectivity index (χ3n) is 5.10. The van der Waals surface area contributed by atoms with Gasteiger partial charge in [0, 0.05) is 21.5 Å². The first-order chi connectivity index (χ1) is 15.2. The van der Waals surface area contributed by atoms with Crippen LogP contribution in [0.1, 0.15) is 17.0 Å². The zero-order valence-corrected chi connectivity index (χ0v) is 20.9. The highest BCUT2D eigenvalue weighted by atomic mass is 79.9. The Morgan fingerprint density at radius 1 is 1.00 bits per heavy atom. The average molecular weight is 549 g/mol. The molecule has 0 spiro atoms. The van der Waals surface area contributed by atoms with Crippen LogP contribution in [0.2, 0.25) is 10.0 Å². The van der Waals surface area contributed by atoms with Crippen LogP contribution in [-0.2, 0) is 9.59 Å². The monoisotopic (exact) mass is 547 g/mol. The number of amides is 2. The van der Waals surface area contributed by atoms with Crippen molar-refractivity contribution < 1.29 is 9.59 Å². The lowest BCUT2D eigenvalue weighted by atomic mass is 10.1. The second-order valence-electron chi connectivity index (χ2n) is 7.20. The van der Waals surface area contributed by atoms with Crippen molar-refractivity contribution in [2.45, 2.75) is 13.8 Å². The summed E-state index contributed by atoms with van der Waals surface area (Å²) in [6, 6.07) is 14.4. The van der Waals surface area contributed by atoms with E-state index in [9.17, 15) is 9.59 Å². The molecule has 1 fully saturated rings. The standard InChI is InChI=1S/C23H16BrCl2N3O2S/c1-12-8-14(13(2)28(12)17-6-7-19(25)20(26)11-17)9-18-21(30)27-23(32)29(22(18)31)16-5-3-4-15(24)10-16/h3-11H,1-2H3,(H,27,30,32)/b18-9-. The Bertz CT molecular complexity index is 1330. The minimum Gasteiger partial charge on any atom is -0.318 e. The molecule has 1 N–H and O–H groups in total. The van der Waals surface area contributed by atoms with Gasteiger partial charge in [-0.2, -0.15) is 0 Å². The predicted molar refractivity (Wildman–Crippen MR) is 136 cm³/mol. The summed E-state index contributed by atoms with van der Waals surface area (Å²) < 4.78 is 2.77. The van der Waals surface area contributed by atoms with E-state index in [1.165, 1.54) is 4.90 Å². The van der Waals surface area contributed by atoms with E-state index in [1.807, 2.05) is 36.6 Å². The Morgan fingerprint density at radius 2 is 1.75 bits per heavy atom. The lowest BCUT2D eigenvalue weighted by Crippen LogP contribution is -2.54. The fraction of sp³-hybridized carbons (Fsp3) is 0.0870. The van der Waals surface area contributed by atoms with Gasteiger partial charge in [-0.25, -0.2) is 0 Å². The number of hydrogen-bond acceptors (Lipinski definition) is 3. The van der Waals surface area contributed by atoms with Crippen molar-refractivity contribution in [1.82, 2.24) is 9.88 Å². The van der Waals surface area contributed by atoms with Gasteiger partial charge in [0.1, 0.15) is 5.57 Å². The SMILES string of the molecule is Cc1cc(/C=C2/C(=O)NC(=S)N(c3cccc(Br)c3)C2=O)c(C)n1-c1ccc(Cl)c(Cl)c1. The minimum absolute atomic E-state index is 0.00651. The van der Waals surface area contributed by atoms with E-state index >= 15 is 0 Å². The molecule has 4 rings (SSSR count). The maximum absolute atomic E-state index is 13.3. The van der Waals surface area contributed by atoms with Crippen molar-refractivity contribution in [3.63, 3.8) is 0 Å². The number of aromatic nitrogens is 1. The summed E-state index contributed by atoms with van der Waals surface area (Å²) in [7, 11) is 0. The summed E-state index contributed by atoms with van der Waals surface area (Å²) in [5.74, 6) is -1.03. The summed E-state index contributed by atoms with van der Waals surface area (Å²) in [5.41, 5.74) is 3.87. The topological polar surface area (TPSA) is 54.3 Å². The zero-order valence-electron chi connectivity index (χ0n) is 16.9. The van der Waals surface area contributed by atoms with Crippen molar-refractivity contribution in [3.8, 4) is 5.69 Å². The molecule has 1 aromatic heterocycles. The molecular weight excluding hydrogens is 533 g/mol. The quantitative estimate of drug-likeness (QED) is 0.248. The number of nitrogens with zero attached hydrogens (tertiary/aromatic N) is 2. The van der Waals surface area contributed by atoms with Crippen molar-refractivity contribution in [1.29, 1.82) is 0 Å². The number of benzene rings is 2. The fourth-order valence-electron chi connectivity index (χ4n) is 3.62. The number of carbonyl (C=O) groups is 2. The number of anilines is 1. The van der Waals surface area contributed by atoms with Crippen LogP contribution >= 0.6 is 51.3 Å². The number of carbonyl (C=O) groups excluding carboxylic acids is 2. The van der Waals surface area contributed by atoms with E-state index in [1.54, 1.807) is 36.4 Å². The largest absolute Gasteiger partial charge is 0.318 e. The molecule has 32 heavy (non-hydrogen) atoms. The lowest BCUT2D eigenvalue weighted by Gasteiger charge is -2.29. The lowest BCUT2D eigenvalue weighted by molar-refractivity contribution is -0.122. The number of hydrogen-bond donors (Lipinski definition) is 1. The van der Waals surface area contributed by atoms with Gasteiger partial charge < -0.3 is 4.57 Å². The number of nitrogens with one attached hydrogen (secondary N) is 1. The maximum atomic E-state index is 13.3. The zero-order chi connectivity index (χ0) is 23.2. The van der Waals surface area contributed by atoms with Gasteiger partial charge in [-0.1, -0.05) is 45.2 Å². The summed E-state index contributed by atoms with van der Waals surface area (Å²) in [4.78, 5) is 27.2. The van der Waals surface area contributed by atoms with Gasteiger partial charge in [-0.15, -0.1) is 0 Å². The molecule has 0 saturated carbocycles. The first-order valence-electron chi connectivity index (χ1n) is 9.49. The number of rotatable bonds is 3. The molecule has 5 nitrogen and oxygen atoms in total. The Labute approximate surface area is 208 Å². The Balaban J connectivity index is 1.77. The third kappa shape index (κ3) is 4.13. The molecule has 0 aliphatic carbocycles. The van der Waals surface area contributed by atoms with Crippen LogP contribution in [0.5, 0.6) is 0 Å². The van der Waals surface area contributed by atoms with Gasteiger partial charge in [0.15, 0.2) is 5.11 Å². The van der Waals surface area contributed by atoms with Crippen LogP contribution in [0.3, 0.4) is 0 Å². The van der Waals surface area contributed by atoms with E-state index in [4.69, 9.17) is 35.4 Å². The smallest absolute Gasteiger partial charge is 0.270 e. The van der Waals surface area contributed by atoms with Gasteiger partial charge in [-0.05, 0) is 80.2 Å². The second kappa shape index (κ2) is 8.83. The van der Waals surface area contributed by atoms with Crippen LogP contribution in [0.15, 0.2) is 58.6 Å². The second-order valence-corrected chi connectivity index (χ2v) is 9.31. The van der Waals surface area contributed by atoms with Crippen LogP contribution in [0.25, 0.3) is 11.8 Å². The van der Waals surface area contributed by atoms with Gasteiger partial charge in [0.05, 0.1) is 15.7 Å². The molecule has 1 aliphatic rings. The molecule has 0 radical (unpaired) electrons. The van der Waals surface area contributed by atoms with Crippen molar-refractivity contribution in [2.75, 3.05) is 4.90 Å². The van der Waals surface area contributed by atoms with E-state index in [0.717, 1.165) is 27.1 Å². The molecule has 0 atom stereocenters. The van der Waals surface area contributed by atoms with Crippen molar-refractivity contribution >= 4 is 80.0 Å². The summed E-state index contributed by atoms with van der Waals surface area (Å²) in [5, 5.41) is 3.56. The maximum Gasteiger partial charge on any atom is 0.270 e. The number of aryl methyl sites for hydroxylation is 1. The predicted octanol–water partition coefficient (Wildman–Crippen LogP) is 5.99. The molecule has 2 aromatic carbocycles. The average Bonchev–Trinajstić information content (AvgIpc) is 3.00. The minimum atomic E-state index is -0.536. The molecule has 0 bridgehead atoms. The molecule has 1 aliphatic heterocycles. The normalized spacial score (nSPS) is 15.5. The van der Waals surface area contributed by atoms with E-state index in [-0.39, 0.29) is 10.7 Å². The first kappa shape index (κ1) is 22.7. The molecule has 9 heteroatoms. The molecular formula is C23H16BrCl2N3O2S. The molecule has 2 amide bonds. The van der Waals surface area contributed by atoms with Crippen LogP contribution in [0.4, 0.5) is 5.69 Å². The number of halogens is 3. The van der Waals surface area contributed by atoms with Crippen molar-refractivity contribution in [3.05, 3.63) is 85.6 Å². The molecule has 162 valence electrons. The van der Waals surface area contributed by atoms with E-state index in [0.29, 0.717) is 15.7 Å². The van der Waals surface area contributed by atoms with E-state index in [2.05, 4.69) is 21.2 Å². The first-order valence-corrected chi connectivity index (χ1v) is 11.4.